The zero-order valence-electron chi connectivity index (χ0n) is 12.5. The van der Waals surface area contributed by atoms with E-state index in [1.165, 1.54) is 0 Å². The number of amides is 2. The van der Waals surface area contributed by atoms with E-state index in [9.17, 15) is 9.00 Å². The van der Waals surface area contributed by atoms with Crippen LogP contribution < -0.4 is 5.32 Å². The van der Waals surface area contributed by atoms with Gasteiger partial charge in [-0.15, -0.1) is 0 Å². The summed E-state index contributed by atoms with van der Waals surface area (Å²) in [5.74, 6) is 0.464. The highest BCUT2D eigenvalue weighted by Crippen LogP contribution is 2.23. The molecule has 0 saturated carbocycles. The molecule has 1 saturated heterocycles. The second kappa shape index (κ2) is 7.56. The highest BCUT2D eigenvalue weighted by atomic mass is 32.2. The van der Waals surface area contributed by atoms with Crippen molar-refractivity contribution in [1.82, 2.24) is 10.2 Å². The summed E-state index contributed by atoms with van der Waals surface area (Å²) < 4.78 is 16.7. The van der Waals surface area contributed by atoms with Crippen LogP contribution in [-0.2, 0) is 15.5 Å². The molecule has 0 aliphatic carbocycles. The largest absolute Gasteiger partial charge is 0.377 e. The van der Waals surface area contributed by atoms with Gasteiger partial charge in [0.05, 0.1) is 19.3 Å². The molecule has 5 nitrogen and oxygen atoms in total. The number of morpholine rings is 1. The van der Waals surface area contributed by atoms with Gasteiger partial charge in [0.2, 0.25) is 0 Å². The molecule has 6 heteroatoms. The third-order valence-corrected chi connectivity index (χ3v) is 4.40. The fourth-order valence-electron chi connectivity index (χ4n) is 2.49. The number of ether oxygens (including phenoxy) is 1. The molecule has 1 aliphatic rings. The minimum atomic E-state index is -0.920. The van der Waals surface area contributed by atoms with Crippen molar-refractivity contribution in [1.29, 1.82) is 0 Å². The molecule has 21 heavy (non-hydrogen) atoms. The second-order valence-corrected chi connectivity index (χ2v) is 6.76. The topological polar surface area (TPSA) is 58.6 Å². The van der Waals surface area contributed by atoms with E-state index in [2.05, 4.69) is 5.32 Å². The van der Waals surface area contributed by atoms with Crippen LogP contribution in [0, 0.1) is 0 Å². The smallest absolute Gasteiger partial charge is 0.318 e. The normalized spacial score (nSPS) is 21.6. The lowest BCUT2D eigenvalue weighted by atomic mass is 10.1. The summed E-state index contributed by atoms with van der Waals surface area (Å²) in [6, 6.07) is 9.59. The second-order valence-electron chi connectivity index (χ2n) is 5.29. The number of urea groups is 1. The quantitative estimate of drug-likeness (QED) is 0.917. The van der Waals surface area contributed by atoms with Crippen molar-refractivity contribution in [3.63, 3.8) is 0 Å². The van der Waals surface area contributed by atoms with Gasteiger partial charge in [0, 0.05) is 35.4 Å². The number of benzene rings is 1. The first-order valence-corrected chi connectivity index (χ1v) is 8.80. The first-order valence-electron chi connectivity index (χ1n) is 7.07. The van der Waals surface area contributed by atoms with Gasteiger partial charge in [-0.3, -0.25) is 4.21 Å². The maximum Gasteiger partial charge on any atom is 0.318 e. The lowest BCUT2D eigenvalue weighted by Gasteiger charge is -2.36. The van der Waals surface area contributed by atoms with Gasteiger partial charge in [-0.1, -0.05) is 30.3 Å². The Bertz CT molecular complexity index is 495. The van der Waals surface area contributed by atoms with E-state index in [1.54, 1.807) is 11.2 Å². The molecule has 3 atom stereocenters. The Balaban J connectivity index is 2.04. The monoisotopic (exact) mass is 310 g/mol. The van der Waals surface area contributed by atoms with E-state index in [0.29, 0.717) is 25.5 Å². The van der Waals surface area contributed by atoms with Crippen molar-refractivity contribution in [2.24, 2.45) is 0 Å². The van der Waals surface area contributed by atoms with E-state index in [0.717, 1.165) is 5.56 Å². The summed E-state index contributed by atoms with van der Waals surface area (Å²) in [5, 5.41) is 2.92. The van der Waals surface area contributed by atoms with Gasteiger partial charge in [0.1, 0.15) is 0 Å². The molecule has 0 radical (unpaired) electrons. The fraction of sp³-hybridized carbons (Fsp3) is 0.533. The molecule has 0 bridgehead atoms. The first kappa shape index (κ1) is 16.0. The summed E-state index contributed by atoms with van der Waals surface area (Å²) >= 11 is 0. The molecule has 0 aromatic heterocycles. The molecule has 116 valence electrons. The molecule has 1 aromatic carbocycles. The van der Waals surface area contributed by atoms with Gasteiger partial charge >= 0.3 is 6.03 Å². The van der Waals surface area contributed by atoms with Crippen LogP contribution in [0.25, 0.3) is 0 Å². The molecule has 1 aromatic rings. The molecule has 1 heterocycles. The van der Waals surface area contributed by atoms with Crippen molar-refractivity contribution < 1.29 is 13.7 Å². The third-order valence-electron chi connectivity index (χ3n) is 3.43. The van der Waals surface area contributed by atoms with E-state index < -0.39 is 10.8 Å². The van der Waals surface area contributed by atoms with Gasteiger partial charge in [0.15, 0.2) is 0 Å². The Morgan fingerprint density at radius 3 is 2.86 bits per heavy atom. The van der Waals surface area contributed by atoms with Crippen LogP contribution in [-0.4, -0.2) is 52.9 Å². The maximum atomic E-state index is 12.4. The first-order chi connectivity index (χ1) is 10.1. The summed E-state index contributed by atoms with van der Waals surface area (Å²) in [6.45, 7) is 3.49. The number of nitrogens with zero attached hydrogens (tertiary/aromatic N) is 1. The average molecular weight is 310 g/mol. The van der Waals surface area contributed by atoms with Crippen LogP contribution in [0.1, 0.15) is 18.5 Å². The molecular formula is C15H22N2O3S. The van der Waals surface area contributed by atoms with E-state index >= 15 is 0 Å². The summed E-state index contributed by atoms with van der Waals surface area (Å²) in [7, 11) is -0.920. The lowest BCUT2D eigenvalue weighted by molar-refractivity contribution is 0.0113. The predicted octanol–water partition coefficient (Wildman–Crippen LogP) is 1.54. The zero-order valence-corrected chi connectivity index (χ0v) is 13.3. The summed E-state index contributed by atoms with van der Waals surface area (Å²) in [6.07, 6.45) is 1.64. The van der Waals surface area contributed by atoms with Crippen LogP contribution in [0.3, 0.4) is 0 Å². The van der Waals surface area contributed by atoms with Crippen LogP contribution >= 0.6 is 0 Å². The maximum absolute atomic E-state index is 12.4. The van der Waals surface area contributed by atoms with Crippen LogP contribution in [0.15, 0.2) is 30.3 Å². The summed E-state index contributed by atoms with van der Waals surface area (Å²) in [4.78, 5) is 14.2. The predicted molar refractivity (Wildman–Crippen MR) is 83.6 cm³/mol. The molecule has 2 rings (SSSR count). The SMILES string of the molecule is CC(CS(C)=O)NC(=O)N1CCOCC1c1ccccc1. The molecule has 1 fully saturated rings. The van der Waals surface area contributed by atoms with E-state index in [4.69, 9.17) is 4.74 Å². The van der Waals surface area contributed by atoms with Crippen LogP contribution in [0.4, 0.5) is 4.79 Å². The number of nitrogens with one attached hydrogen (secondary N) is 1. The van der Waals surface area contributed by atoms with Crippen molar-refractivity contribution in [2.75, 3.05) is 31.8 Å². The molecule has 2 amide bonds. The Morgan fingerprint density at radius 2 is 2.19 bits per heavy atom. The van der Waals surface area contributed by atoms with Crippen LogP contribution in [0.2, 0.25) is 0 Å². The Kier molecular flexibility index (Phi) is 5.76. The highest BCUT2D eigenvalue weighted by Gasteiger charge is 2.29. The molecule has 1 aliphatic heterocycles. The molecular weight excluding hydrogens is 288 g/mol. The van der Waals surface area contributed by atoms with Crippen LogP contribution in [0.5, 0.6) is 0 Å². The number of carbonyl (C=O) groups excluding carboxylic acids is 1. The van der Waals surface area contributed by atoms with Gasteiger partial charge in [-0.05, 0) is 12.5 Å². The van der Waals surface area contributed by atoms with Gasteiger partial charge in [0.25, 0.3) is 0 Å². The standard InChI is InChI=1S/C15H22N2O3S/c1-12(11-21(2)19)16-15(18)17-8-9-20-10-14(17)13-6-4-3-5-7-13/h3-7,12,14H,8-11H2,1-2H3,(H,16,18). The number of hydrogen-bond donors (Lipinski definition) is 1. The van der Waals surface area contributed by atoms with Crippen molar-refractivity contribution >= 4 is 16.8 Å². The zero-order chi connectivity index (χ0) is 15.2. The molecule has 1 N–H and O–H groups in total. The third kappa shape index (κ3) is 4.54. The molecule has 3 unspecified atom stereocenters. The lowest BCUT2D eigenvalue weighted by Crippen LogP contribution is -2.51. The van der Waals surface area contributed by atoms with Gasteiger partial charge in [-0.2, -0.15) is 0 Å². The Hall–Kier alpha value is -1.40. The van der Waals surface area contributed by atoms with Crippen molar-refractivity contribution in [3.05, 3.63) is 35.9 Å². The average Bonchev–Trinajstić information content (AvgIpc) is 2.47. The minimum Gasteiger partial charge on any atom is -0.377 e. The number of carbonyl (C=O) groups is 1. The highest BCUT2D eigenvalue weighted by molar-refractivity contribution is 7.84. The number of rotatable bonds is 4. The van der Waals surface area contributed by atoms with Crippen molar-refractivity contribution in [2.45, 2.75) is 19.0 Å². The van der Waals surface area contributed by atoms with E-state index in [-0.39, 0.29) is 18.1 Å². The minimum absolute atomic E-state index is 0.0701. The van der Waals surface area contributed by atoms with E-state index in [1.807, 2.05) is 37.3 Å². The van der Waals surface area contributed by atoms with Gasteiger partial charge < -0.3 is 15.0 Å². The van der Waals surface area contributed by atoms with Gasteiger partial charge in [-0.25, -0.2) is 4.79 Å². The summed E-state index contributed by atoms with van der Waals surface area (Å²) in [5.41, 5.74) is 1.07. The number of hydrogen-bond acceptors (Lipinski definition) is 3. The molecule has 0 spiro atoms. The van der Waals surface area contributed by atoms with Crippen molar-refractivity contribution in [3.8, 4) is 0 Å². The fourth-order valence-corrected chi connectivity index (χ4v) is 3.27. The Morgan fingerprint density at radius 1 is 1.48 bits per heavy atom. The Labute approximate surface area is 128 Å².